The summed E-state index contributed by atoms with van der Waals surface area (Å²) in [5.74, 6) is -0.670. The number of ketones is 1. The highest BCUT2D eigenvalue weighted by Gasteiger charge is 2.46. The van der Waals surface area contributed by atoms with E-state index in [0.29, 0.717) is 62.0 Å². The monoisotopic (exact) mass is 480 g/mol. The van der Waals surface area contributed by atoms with Crippen molar-refractivity contribution in [3.63, 3.8) is 0 Å². The molecule has 2 aromatic rings. The van der Waals surface area contributed by atoms with Crippen LogP contribution in [0.2, 0.25) is 0 Å². The summed E-state index contributed by atoms with van der Waals surface area (Å²) in [5, 5.41) is 21.4. The second-order valence-electron chi connectivity index (χ2n) is 8.75. The number of phenolic OH excluding ortho intramolecular Hbond substituents is 1. The number of aromatic hydroxyl groups is 1. The Kier molecular flexibility index (Phi) is 6.61. The highest BCUT2D eigenvalue weighted by Crippen LogP contribution is 2.41. The van der Waals surface area contributed by atoms with Crippen LogP contribution >= 0.6 is 0 Å². The van der Waals surface area contributed by atoms with E-state index in [0.717, 1.165) is 19.6 Å². The van der Waals surface area contributed by atoms with Crippen molar-refractivity contribution in [2.45, 2.75) is 12.5 Å². The predicted molar refractivity (Wildman–Crippen MR) is 126 cm³/mol. The molecule has 184 valence electrons. The summed E-state index contributed by atoms with van der Waals surface area (Å²) < 4.78 is 16.6. The maximum atomic E-state index is 13.2. The standard InChI is InChI=1S/C26H28N2O7/c29-19-4-1-3-17(15-19)23-22(24(30)18-5-6-20-21(16-18)35-14-13-34-20)25(31)26(32)28(23)8-2-7-27-9-11-33-12-10-27/h1,3-6,15-16,23,29-30H,2,7-14H2/b24-22-. The lowest BCUT2D eigenvalue weighted by molar-refractivity contribution is -0.140. The Labute approximate surface area is 203 Å². The van der Waals surface area contributed by atoms with Gasteiger partial charge in [0.1, 0.15) is 24.7 Å². The molecule has 3 heterocycles. The number of ether oxygens (including phenoxy) is 3. The smallest absolute Gasteiger partial charge is 0.295 e. The molecule has 0 aromatic heterocycles. The van der Waals surface area contributed by atoms with Crippen LogP contribution < -0.4 is 9.47 Å². The molecule has 9 heteroatoms. The number of aliphatic hydroxyl groups excluding tert-OH is 1. The summed E-state index contributed by atoms with van der Waals surface area (Å²) in [4.78, 5) is 30.1. The first kappa shape index (κ1) is 23.2. The van der Waals surface area contributed by atoms with Gasteiger partial charge in [0.25, 0.3) is 11.7 Å². The second kappa shape index (κ2) is 9.97. The normalized spacial score (nSPS) is 21.9. The first-order chi connectivity index (χ1) is 17.0. The molecule has 1 amide bonds. The second-order valence-corrected chi connectivity index (χ2v) is 8.75. The Bertz CT molecular complexity index is 1160. The SMILES string of the molecule is O=C1C(=O)N(CCCN2CCOCC2)C(c2cccc(O)c2)/C1=C(/O)c1ccc2c(c1)OCCO2. The number of fused-ring (bicyclic) bond motifs is 1. The van der Waals surface area contributed by atoms with Crippen molar-refractivity contribution in [2.24, 2.45) is 0 Å². The number of rotatable bonds is 6. The van der Waals surface area contributed by atoms with Crippen LogP contribution in [0.4, 0.5) is 0 Å². The zero-order valence-electron chi connectivity index (χ0n) is 19.3. The third-order valence-electron chi connectivity index (χ3n) is 6.52. The molecule has 1 atom stereocenters. The van der Waals surface area contributed by atoms with Gasteiger partial charge in [0, 0.05) is 31.7 Å². The van der Waals surface area contributed by atoms with E-state index in [-0.39, 0.29) is 17.1 Å². The Morgan fingerprint density at radius 2 is 1.71 bits per heavy atom. The molecule has 0 bridgehead atoms. The molecular weight excluding hydrogens is 452 g/mol. The number of likely N-dealkylation sites (tertiary alicyclic amines) is 1. The van der Waals surface area contributed by atoms with E-state index in [1.165, 1.54) is 17.0 Å². The summed E-state index contributed by atoms with van der Waals surface area (Å²) in [6.45, 7) is 4.95. The molecule has 0 aliphatic carbocycles. The summed E-state index contributed by atoms with van der Waals surface area (Å²) in [6.07, 6.45) is 0.659. The van der Waals surface area contributed by atoms with Gasteiger partial charge in [-0.15, -0.1) is 0 Å². The molecule has 35 heavy (non-hydrogen) atoms. The van der Waals surface area contributed by atoms with Crippen molar-refractivity contribution in [2.75, 3.05) is 52.6 Å². The zero-order chi connectivity index (χ0) is 24.4. The van der Waals surface area contributed by atoms with Crippen LogP contribution in [-0.4, -0.2) is 84.3 Å². The maximum absolute atomic E-state index is 13.2. The number of aliphatic hydroxyl groups is 1. The van der Waals surface area contributed by atoms with Crippen LogP contribution in [0, 0.1) is 0 Å². The minimum absolute atomic E-state index is 0.0105. The van der Waals surface area contributed by atoms with Crippen LogP contribution in [0.25, 0.3) is 5.76 Å². The van der Waals surface area contributed by atoms with Crippen molar-refractivity contribution >= 4 is 17.4 Å². The first-order valence-electron chi connectivity index (χ1n) is 11.8. The van der Waals surface area contributed by atoms with Crippen LogP contribution in [0.3, 0.4) is 0 Å². The molecule has 1 unspecified atom stereocenters. The van der Waals surface area contributed by atoms with E-state index in [9.17, 15) is 19.8 Å². The van der Waals surface area contributed by atoms with Crippen molar-refractivity contribution in [1.82, 2.24) is 9.80 Å². The third kappa shape index (κ3) is 4.69. The van der Waals surface area contributed by atoms with Gasteiger partial charge >= 0.3 is 0 Å². The molecule has 2 N–H and O–H groups in total. The molecule has 5 rings (SSSR count). The Morgan fingerprint density at radius 1 is 0.943 bits per heavy atom. The number of hydrogen-bond acceptors (Lipinski definition) is 8. The molecule has 2 saturated heterocycles. The number of amides is 1. The molecule has 3 aliphatic heterocycles. The number of carbonyl (C=O) groups is 2. The minimum atomic E-state index is -0.819. The fourth-order valence-corrected chi connectivity index (χ4v) is 4.79. The lowest BCUT2D eigenvalue weighted by atomic mass is 9.95. The zero-order valence-corrected chi connectivity index (χ0v) is 19.3. The van der Waals surface area contributed by atoms with Gasteiger partial charge in [0.05, 0.1) is 24.8 Å². The molecule has 2 fully saturated rings. The summed E-state index contributed by atoms with van der Waals surface area (Å²) in [7, 11) is 0. The Morgan fingerprint density at radius 3 is 2.49 bits per heavy atom. The van der Waals surface area contributed by atoms with E-state index in [4.69, 9.17) is 14.2 Å². The number of benzene rings is 2. The van der Waals surface area contributed by atoms with E-state index in [1.807, 2.05) is 0 Å². The Hall–Kier alpha value is -3.56. The van der Waals surface area contributed by atoms with Gasteiger partial charge in [0.15, 0.2) is 11.5 Å². The highest BCUT2D eigenvalue weighted by atomic mass is 16.6. The lowest BCUT2D eigenvalue weighted by Gasteiger charge is -2.29. The largest absolute Gasteiger partial charge is 0.508 e. The summed E-state index contributed by atoms with van der Waals surface area (Å²) in [6, 6.07) is 10.5. The van der Waals surface area contributed by atoms with Crippen LogP contribution in [0.1, 0.15) is 23.6 Å². The third-order valence-corrected chi connectivity index (χ3v) is 6.52. The molecular formula is C26H28N2O7. The fraction of sp³-hybridized carbons (Fsp3) is 0.385. The van der Waals surface area contributed by atoms with Crippen molar-refractivity contribution < 1.29 is 34.0 Å². The predicted octanol–water partition coefficient (Wildman–Crippen LogP) is 2.31. The van der Waals surface area contributed by atoms with Gasteiger partial charge < -0.3 is 29.3 Å². The minimum Gasteiger partial charge on any atom is -0.508 e. The summed E-state index contributed by atoms with van der Waals surface area (Å²) in [5.41, 5.74) is 0.893. The molecule has 9 nitrogen and oxygen atoms in total. The molecule has 0 saturated carbocycles. The number of Topliss-reactive ketones (excluding diaryl/α,β-unsaturated/α-hetero) is 1. The molecule has 2 aromatic carbocycles. The number of carbonyl (C=O) groups excluding carboxylic acids is 2. The quantitative estimate of drug-likeness (QED) is 0.368. The van der Waals surface area contributed by atoms with Gasteiger partial charge in [-0.25, -0.2) is 0 Å². The number of phenols is 1. The highest BCUT2D eigenvalue weighted by molar-refractivity contribution is 6.46. The van der Waals surface area contributed by atoms with E-state index in [2.05, 4.69) is 4.90 Å². The molecule has 0 spiro atoms. The lowest BCUT2D eigenvalue weighted by Crippen LogP contribution is -2.38. The van der Waals surface area contributed by atoms with Crippen LogP contribution in [-0.2, 0) is 14.3 Å². The van der Waals surface area contributed by atoms with E-state index < -0.39 is 17.7 Å². The maximum Gasteiger partial charge on any atom is 0.295 e. The van der Waals surface area contributed by atoms with Gasteiger partial charge in [0.2, 0.25) is 0 Å². The summed E-state index contributed by atoms with van der Waals surface area (Å²) >= 11 is 0. The van der Waals surface area contributed by atoms with Crippen molar-refractivity contribution in [1.29, 1.82) is 0 Å². The van der Waals surface area contributed by atoms with E-state index in [1.54, 1.807) is 30.3 Å². The number of hydrogen-bond donors (Lipinski definition) is 2. The van der Waals surface area contributed by atoms with E-state index >= 15 is 0 Å². The fourth-order valence-electron chi connectivity index (χ4n) is 4.79. The first-order valence-corrected chi connectivity index (χ1v) is 11.8. The van der Waals surface area contributed by atoms with Crippen molar-refractivity contribution in [3.8, 4) is 17.2 Å². The van der Waals surface area contributed by atoms with Gasteiger partial charge in [-0.2, -0.15) is 0 Å². The average molecular weight is 481 g/mol. The van der Waals surface area contributed by atoms with Gasteiger partial charge in [-0.1, -0.05) is 12.1 Å². The average Bonchev–Trinajstić information content (AvgIpc) is 3.13. The number of morpholine rings is 1. The Balaban J connectivity index is 1.48. The van der Waals surface area contributed by atoms with Gasteiger partial charge in [-0.3, -0.25) is 14.5 Å². The molecule has 0 radical (unpaired) electrons. The van der Waals surface area contributed by atoms with Crippen LogP contribution in [0.15, 0.2) is 48.0 Å². The molecule has 3 aliphatic rings. The van der Waals surface area contributed by atoms with Crippen LogP contribution in [0.5, 0.6) is 17.2 Å². The van der Waals surface area contributed by atoms with Gasteiger partial charge in [-0.05, 0) is 42.3 Å². The number of nitrogens with zero attached hydrogens (tertiary/aromatic N) is 2. The van der Waals surface area contributed by atoms with Crippen molar-refractivity contribution in [3.05, 3.63) is 59.2 Å². The topological polar surface area (TPSA) is 109 Å².